The lowest BCUT2D eigenvalue weighted by Crippen LogP contribution is -2.54. The summed E-state index contributed by atoms with van der Waals surface area (Å²) in [5.41, 5.74) is 5.11. The van der Waals surface area contributed by atoms with Crippen molar-refractivity contribution >= 4 is 5.91 Å². The zero-order valence-electron chi connectivity index (χ0n) is 22.9. The lowest BCUT2D eigenvalue weighted by atomic mass is 9.87. The molecule has 0 bridgehead atoms. The number of carbonyl (C=O) groups is 1. The number of carbonyl (C=O) groups excluding carboxylic acids is 1. The molecule has 38 heavy (non-hydrogen) atoms. The zero-order chi connectivity index (χ0) is 26.1. The molecule has 2 aliphatic heterocycles. The number of amides is 1. The van der Waals surface area contributed by atoms with Crippen LogP contribution in [0.15, 0.2) is 54.6 Å². The van der Waals surface area contributed by atoms with Crippen molar-refractivity contribution in [2.45, 2.75) is 70.9 Å². The fraction of sp³-hybridized carbons (Fsp3) is 0.500. The van der Waals surface area contributed by atoms with E-state index in [0.29, 0.717) is 12.5 Å². The van der Waals surface area contributed by atoms with Crippen molar-refractivity contribution in [1.29, 1.82) is 0 Å². The van der Waals surface area contributed by atoms with E-state index in [2.05, 4.69) is 52.6 Å². The fourth-order valence-corrected chi connectivity index (χ4v) is 6.74. The monoisotopic (exact) mass is 512 g/mol. The van der Waals surface area contributed by atoms with E-state index in [-0.39, 0.29) is 11.5 Å². The van der Waals surface area contributed by atoms with E-state index < -0.39 is 0 Å². The minimum absolute atomic E-state index is 0.144. The second-order valence-corrected chi connectivity index (χ2v) is 11.6. The van der Waals surface area contributed by atoms with Crippen molar-refractivity contribution in [2.75, 3.05) is 26.2 Å². The molecule has 3 aliphatic rings. The number of benzene rings is 2. The van der Waals surface area contributed by atoms with Gasteiger partial charge >= 0.3 is 0 Å². The number of fused-ring (bicyclic) bond motifs is 1. The second-order valence-electron chi connectivity index (χ2n) is 11.6. The number of hydrogen-bond donors (Lipinski definition) is 0. The first kappa shape index (κ1) is 25.2. The summed E-state index contributed by atoms with van der Waals surface area (Å²) in [6.07, 6.45) is 8.23. The van der Waals surface area contributed by atoms with E-state index in [0.717, 1.165) is 61.7 Å². The van der Waals surface area contributed by atoms with Crippen molar-refractivity contribution < 1.29 is 9.53 Å². The van der Waals surface area contributed by atoms with Crippen LogP contribution in [0.25, 0.3) is 5.69 Å². The van der Waals surface area contributed by atoms with Crippen LogP contribution in [0.2, 0.25) is 0 Å². The van der Waals surface area contributed by atoms with Gasteiger partial charge in [0, 0.05) is 50.3 Å². The molecule has 1 aromatic heterocycles. The first-order valence-corrected chi connectivity index (χ1v) is 14.4. The number of likely N-dealkylation sites (tertiary alicyclic amines) is 1. The van der Waals surface area contributed by atoms with Crippen molar-refractivity contribution in [3.63, 3.8) is 0 Å². The van der Waals surface area contributed by atoms with Crippen molar-refractivity contribution in [3.8, 4) is 11.4 Å². The summed E-state index contributed by atoms with van der Waals surface area (Å²) in [6, 6.07) is 18.2. The standard InChI is InChI=1S/C32H40N4O2/c1-24-29(25(2)36(33-24)27-13-7-4-8-14-27)22-34-19-17-32(18-20-34)23-35(21-26-11-5-3-6-12-26)31(37)28-15-9-10-16-30(28)38-32/h4,7-10,13-16,26H,3,5-6,11-12,17-23H2,1-2H3. The Balaban J connectivity index is 1.19. The smallest absolute Gasteiger partial charge is 0.257 e. The van der Waals surface area contributed by atoms with E-state index >= 15 is 0 Å². The Labute approximate surface area is 226 Å². The van der Waals surface area contributed by atoms with Gasteiger partial charge in [0.1, 0.15) is 11.4 Å². The van der Waals surface area contributed by atoms with Crippen LogP contribution >= 0.6 is 0 Å². The van der Waals surface area contributed by atoms with Gasteiger partial charge in [-0.15, -0.1) is 0 Å². The number of piperidine rings is 1. The van der Waals surface area contributed by atoms with Crippen LogP contribution in [0.5, 0.6) is 5.75 Å². The van der Waals surface area contributed by atoms with Crippen LogP contribution in [0, 0.1) is 19.8 Å². The van der Waals surface area contributed by atoms with Crippen molar-refractivity contribution in [1.82, 2.24) is 19.6 Å². The lowest BCUT2D eigenvalue weighted by Gasteiger charge is -2.43. The quantitative estimate of drug-likeness (QED) is 0.425. The maximum atomic E-state index is 13.7. The predicted molar refractivity (Wildman–Crippen MR) is 150 cm³/mol. The number of ether oxygens (including phenoxy) is 1. The van der Waals surface area contributed by atoms with E-state index in [1.807, 2.05) is 30.3 Å². The van der Waals surface area contributed by atoms with Gasteiger partial charge in [-0.25, -0.2) is 4.68 Å². The molecule has 0 N–H and O–H groups in total. The van der Waals surface area contributed by atoms with Gasteiger partial charge in [0.15, 0.2) is 0 Å². The minimum atomic E-state index is -0.328. The number of para-hydroxylation sites is 2. The second kappa shape index (κ2) is 10.6. The van der Waals surface area contributed by atoms with E-state index in [9.17, 15) is 4.79 Å². The molecule has 200 valence electrons. The molecule has 0 unspecified atom stereocenters. The Kier molecular flexibility index (Phi) is 7.00. The van der Waals surface area contributed by atoms with Gasteiger partial charge < -0.3 is 9.64 Å². The van der Waals surface area contributed by atoms with Gasteiger partial charge in [0.2, 0.25) is 0 Å². The van der Waals surface area contributed by atoms with E-state index in [4.69, 9.17) is 9.84 Å². The molecule has 1 amide bonds. The largest absolute Gasteiger partial charge is 0.484 e. The third-order valence-electron chi connectivity index (χ3n) is 9.00. The van der Waals surface area contributed by atoms with Gasteiger partial charge in [-0.1, -0.05) is 49.6 Å². The first-order valence-electron chi connectivity index (χ1n) is 14.4. The minimum Gasteiger partial charge on any atom is -0.484 e. The van der Waals surface area contributed by atoms with Crippen LogP contribution < -0.4 is 4.74 Å². The van der Waals surface area contributed by atoms with Gasteiger partial charge in [0.05, 0.1) is 23.5 Å². The number of aryl methyl sites for hydroxylation is 1. The Morgan fingerprint density at radius 3 is 2.42 bits per heavy atom. The fourth-order valence-electron chi connectivity index (χ4n) is 6.74. The molecule has 2 aromatic carbocycles. The molecule has 3 heterocycles. The van der Waals surface area contributed by atoms with Gasteiger partial charge in [-0.05, 0) is 56.9 Å². The summed E-state index contributed by atoms with van der Waals surface area (Å²) >= 11 is 0. The van der Waals surface area contributed by atoms with Gasteiger partial charge in [-0.2, -0.15) is 5.10 Å². The van der Waals surface area contributed by atoms with Crippen molar-refractivity contribution in [2.24, 2.45) is 5.92 Å². The molecule has 0 radical (unpaired) electrons. The maximum Gasteiger partial charge on any atom is 0.257 e. The zero-order valence-corrected chi connectivity index (χ0v) is 22.9. The first-order chi connectivity index (χ1) is 18.5. The van der Waals surface area contributed by atoms with Crippen LogP contribution in [-0.2, 0) is 6.54 Å². The normalized spacial score (nSPS) is 20.3. The number of aromatic nitrogens is 2. The molecule has 0 atom stereocenters. The maximum absolute atomic E-state index is 13.7. The van der Waals surface area contributed by atoms with E-state index in [1.54, 1.807) is 0 Å². The molecule has 1 saturated heterocycles. The Morgan fingerprint density at radius 1 is 0.947 bits per heavy atom. The number of hydrogen-bond acceptors (Lipinski definition) is 4. The summed E-state index contributed by atoms with van der Waals surface area (Å²) in [6.45, 7) is 8.63. The number of rotatable bonds is 5. The van der Waals surface area contributed by atoms with Crippen LogP contribution in [-0.4, -0.2) is 57.3 Å². The molecule has 6 rings (SSSR count). The Bertz CT molecular complexity index is 1270. The van der Waals surface area contributed by atoms with Gasteiger partial charge in [-0.3, -0.25) is 9.69 Å². The highest BCUT2D eigenvalue weighted by atomic mass is 16.5. The summed E-state index contributed by atoms with van der Waals surface area (Å²) < 4.78 is 8.84. The molecule has 1 saturated carbocycles. The number of nitrogens with zero attached hydrogens (tertiary/aromatic N) is 4. The molecule has 6 nitrogen and oxygen atoms in total. The van der Waals surface area contributed by atoms with Crippen molar-refractivity contribution in [3.05, 3.63) is 77.1 Å². The van der Waals surface area contributed by atoms with Crippen LogP contribution in [0.3, 0.4) is 0 Å². The summed E-state index contributed by atoms with van der Waals surface area (Å²) in [5.74, 6) is 1.51. The molecule has 3 aromatic rings. The summed E-state index contributed by atoms with van der Waals surface area (Å²) in [7, 11) is 0. The average Bonchev–Trinajstić information content (AvgIpc) is 3.17. The molecule has 6 heteroatoms. The highest BCUT2D eigenvalue weighted by molar-refractivity contribution is 5.97. The third-order valence-corrected chi connectivity index (χ3v) is 9.00. The van der Waals surface area contributed by atoms with E-state index in [1.165, 1.54) is 43.4 Å². The SMILES string of the molecule is Cc1nn(-c2ccccc2)c(C)c1CN1CCC2(CC1)CN(CC1CCCCC1)C(=O)c1ccccc1O2. The Hall–Kier alpha value is -3.12. The highest BCUT2D eigenvalue weighted by Gasteiger charge is 2.43. The molecular formula is C32H40N4O2. The Morgan fingerprint density at radius 2 is 1.66 bits per heavy atom. The summed E-state index contributed by atoms with van der Waals surface area (Å²) in [5, 5.41) is 4.86. The van der Waals surface area contributed by atoms with Crippen LogP contribution in [0.4, 0.5) is 0 Å². The topological polar surface area (TPSA) is 50.6 Å². The highest BCUT2D eigenvalue weighted by Crippen LogP contribution is 2.37. The lowest BCUT2D eigenvalue weighted by molar-refractivity contribution is -0.0196. The van der Waals surface area contributed by atoms with Gasteiger partial charge in [0.25, 0.3) is 5.91 Å². The van der Waals surface area contributed by atoms with Crippen LogP contribution in [0.1, 0.15) is 72.3 Å². The molecule has 1 aliphatic carbocycles. The predicted octanol–water partition coefficient (Wildman–Crippen LogP) is 5.94. The average molecular weight is 513 g/mol. The molecule has 1 spiro atoms. The molecule has 2 fully saturated rings. The third kappa shape index (κ3) is 4.98. The molecular weight excluding hydrogens is 472 g/mol. The summed E-state index contributed by atoms with van der Waals surface area (Å²) in [4.78, 5) is 18.3.